The molecule has 19 heavy (non-hydrogen) atoms. The molecule has 0 N–H and O–H groups in total. The Morgan fingerprint density at radius 1 is 1.05 bits per heavy atom. The molecule has 2 rings (SSSR count). The van der Waals surface area contributed by atoms with Crippen LogP contribution in [-0.2, 0) is 5.33 Å². The van der Waals surface area contributed by atoms with Crippen LogP contribution < -0.4 is 4.74 Å². The van der Waals surface area contributed by atoms with E-state index in [1.54, 1.807) is 13.0 Å². The van der Waals surface area contributed by atoms with E-state index in [1.165, 1.54) is 0 Å². The van der Waals surface area contributed by atoms with Gasteiger partial charge in [-0.2, -0.15) is 0 Å². The Bertz CT molecular complexity index is 615. The van der Waals surface area contributed by atoms with E-state index in [0.717, 1.165) is 22.2 Å². The van der Waals surface area contributed by atoms with E-state index in [9.17, 15) is 8.78 Å². The smallest absolute Gasteiger partial charge is 0.162 e. The molecule has 0 amide bonds. The third kappa shape index (κ3) is 3.34. The van der Waals surface area contributed by atoms with E-state index < -0.39 is 11.6 Å². The van der Waals surface area contributed by atoms with Gasteiger partial charge < -0.3 is 4.74 Å². The van der Waals surface area contributed by atoms with Crippen molar-refractivity contribution in [3.05, 3.63) is 57.6 Å². The highest BCUT2D eigenvalue weighted by Gasteiger charge is 2.11. The van der Waals surface area contributed by atoms with Crippen molar-refractivity contribution in [3.8, 4) is 11.5 Å². The molecule has 0 aliphatic rings. The van der Waals surface area contributed by atoms with Crippen molar-refractivity contribution < 1.29 is 13.5 Å². The maximum Gasteiger partial charge on any atom is 0.162 e. The number of hydrogen-bond donors (Lipinski definition) is 0. The van der Waals surface area contributed by atoms with E-state index in [2.05, 4.69) is 31.9 Å². The second-order valence-electron chi connectivity index (χ2n) is 4.02. The summed E-state index contributed by atoms with van der Waals surface area (Å²) in [6, 6.07) is 7.69. The van der Waals surface area contributed by atoms with Crippen LogP contribution in [0.2, 0.25) is 0 Å². The largest absolute Gasteiger partial charge is 0.457 e. The zero-order chi connectivity index (χ0) is 14.0. The molecule has 0 atom stereocenters. The van der Waals surface area contributed by atoms with Crippen molar-refractivity contribution in [1.29, 1.82) is 0 Å². The highest BCUT2D eigenvalue weighted by Crippen LogP contribution is 2.32. The van der Waals surface area contributed by atoms with Crippen LogP contribution in [0.15, 0.2) is 34.8 Å². The molecule has 0 radical (unpaired) electrons. The summed E-state index contributed by atoms with van der Waals surface area (Å²) in [6.45, 7) is 1.67. The molecule has 0 spiro atoms. The van der Waals surface area contributed by atoms with Gasteiger partial charge >= 0.3 is 0 Å². The normalized spacial score (nSPS) is 10.6. The minimum Gasteiger partial charge on any atom is -0.457 e. The number of ether oxygens (including phenoxy) is 1. The van der Waals surface area contributed by atoms with Crippen molar-refractivity contribution in [2.75, 3.05) is 0 Å². The Labute approximate surface area is 126 Å². The number of rotatable bonds is 3. The molecule has 0 fully saturated rings. The molecule has 2 aromatic rings. The second-order valence-corrected chi connectivity index (χ2v) is 5.50. The van der Waals surface area contributed by atoms with Crippen molar-refractivity contribution >= 4 is 31.9 Å². The van der Waals surface area contributed by atoms with Crippen LogP contribution >= 0.6 is 31.9 Å². The van der Waals surface area contributed by atoms with E-state index >= 15 is 0 Å². The lowest BCUT2D eigenvalue weighted by Gasteiger charge is -2.12. The minimum absolute atomic E-state index is 0.309. The highest BCUT2D eigenvalue weighted by atomic mass is 79.9. The monoisotopic (exact) mass is 390 g/mol. The molecule has 0 aromatic heterocycles. The van der Waals surface area contributed by atoms with Gasteiger partial charge in [-0.25, -0.2) is 8.78 Å². The van der Waals surface area contributed by atoms with E-state index in [4.69, 9.17) is 4.74 Å². The highest BCUT2D eigenvalue weighted by molar-refractivity contribution is 9.10. The molecule has 0 bridgehead atoms. The first kappa shape index (κ1) is 14.5. The first-order chi connectivity index (χ1) is 9.01. The van der Waals surface area contributed by atoms with Crippen molar-refractivity contribution in [1.82, 2.24) is 0 Å². The average molecular weight is 392 g/mol. The Morgan fingerprint density at radius 2 is 1.74 bits per heavy atom. The lowest BCUT2D eigenvalue weighted by atomic mass is 10.2. The van der Waals surface area contributed by atoms with Gasteiger partial charge in [0.05, 0.1) is 0 Å². The second kappa shape index (κ2) is 6.01. The summed E-state index contributed by atoms with van der Waals surface area (Å²) < 4.78 is 32.9. The zero-order valence-corrected chi connectivity index (χ0v) is 13.2. The molecule has 0 heterocycles. The first-order valence-corrected chi connectivity index (χ1v) is 7.40. The molecule has 0 aliphatic carbocycles. The summed E-state index contributed by atoms with van der Waals surface area (Å²) in [5.41, 5.74) is 1.46. The van der Waals surface area contributed by atoms with Gasteiger partial charge in [0, 0.05) is 21.4 Å². The van der Waals surface area contributed by atoms with Gasteiger partial charge in [0.15, 0.2) is 11.6 Å². The summed E-state index contributed by atoms with van der Waals surface area (Å²) >= 11 is 6.74. The summed E-state index contributed by atoms with van der Waals surface area (Å²) in [4.78, 5) is 0. The molecule has 100 valence electrons. The Kier molecular flexibility index (Phi) is 4.58. The lowest BCUT2D eigenvalue weighted by Crippen LogP contribution is -1.94. The molecule has 0 aliphatic heterocycles. The van der Waals surface area contributed by atoms with Gasteiger partial charge in [0.25, 0.3) is 0 Å². The number of hydrogen-bond acceptors (Lipinski definition) is 1. The molecule has 0 saturated carbocycles. The number of aryl methyl sites for hydroxylation is 1. The van der Waals surface area contributed by atoms with Crippen LogP contribution in [0, 0.1) is 18.6 Å². The molecule has 5 heteroatoms. The third-order valence-corrected chi connectivity index (χ3v) is 3.70. The van der Waals surface area contributed by atoms with Crippen LogP contribution in [0.4, 0.5) is 8.78 Å². The number of alkyl halides is 1. The van der Waals surface area contributed by atoms with Crippen molar-refractivity contribution in [2.24, 2.45) is 0 Å². The zero-order valence-electron chi connectivity index (χ0n) is 10.0. The van der Waals surface area contributed by atoms with Crippen LogP contribution in [0.3, 0.4) is 0 Å². The molecule has 0 unspecified atom stereocenters. The van der Waals surface area contributed by atoms with Gasteiger partial charge in [-0.05, 0) is 36.8 Å². The van der Waals surface area contributed by atoms with Gasteiger partial charge in [-0.1, -0.05) is 31.9 Å². The number of halogens is 4. The van der Waals surface area contributed by atoms with Crippen LogP contribution in [0.5, 0.6) is 11.5 Å². The Hall–Kier alpha value is -0.940. The molecular formula is C14H10Br2F2O. The third-order valence-electron chi connectivity index (χ3n) is 2.60. The molecule has 1 nitrogen and oxygen atoms in total. The summed E-state index contributed by atoms with van der Waals surface area (Å²) in [5, 5.41) is 0.602. The molecular weight excluding hydrogens is 382 g/mol. The van der Waals surface area contributed by atoms with Gasteiger partial charge in [0.2, 0.25) is 0 Å². The van der Waals surface area contributed by atoms with Crippen LogP contribution in [0.25, 0.3) is 0 Å². The van der Waals surface area contributed by atoms with Crippen molar-refractivity contribution in [3.63, 3.8) is 0 Å². The lowest BCUT2D eigenvalue weighted by molar-refractivity contribution is 0.455. The fourth-order valence-electron chi connectivity index (χ4n) is 1.61. The minimum atomic E-state index is -0.918. The van der Waals surface area contributed by atoms with E-state index in [-0.39, 0.29) is 0 Å². The summed E-state index contributed by atoms with van der Waals surface area (Å²) in [7, 11) is 0. The topological polar surface area (TPSA) is 9.23 Å². The quantitative estimate of drug-likeness (QED) is 0.607. The van der Waals surface area contributed by atoms with Crippen molar-refractivity contribution in [2.45, 2.75) is 12.3 Å². The SMILES string of the molecule is Cc1cc(F)c(F)cc1Oc1ccc(Br)cc1CBr. The summed E-state index contributed by atoms with van der Waals surface area (Å²) in [5.74, 6) is -0.878. The van der Waals surface area contributed by atoms with Gasteiger partial charge in [-0.15, -0.1) is 0 Å². The van der Waals surface area contributed by atoms with Gasteiger partial charge in [-0.3, -0.25) is 0 Å². The summed E-state index contributed by atoms with van der Waals surface area (Å²) in [6.07, 6.45) is 0. The average Bonchev–Trinajstić information content (AvgIpc) is 2.37. The Balaban J connectivity index is 2.39. The van der Waals surface area contributed by atoms with E-state index in [1.807, 2.05) is 12.1 Å². The predicted molar refractivity (Wildman–Crippen MR) is 77.9 cm³/mol. The predicted octanol–water partition coefficient (Wildman–Crippen LogP) is 5.72. The van der Waals surface area contributed by atoms with Gasteiger partial charge in [0.1, 0.15) is 11.5 Å². The van der Waals surface area contributed by atoms with Crippen LogP contribution in [-0.4, -0.2) is 0 Å². The molecule has 2 aromatic carbocycles. The number of benzene rings is 2. The molecule has 0 saturated heterocycles. The maximum absolute atomic E-state index is 13.2. The van der Waals surface area contributed by atoms with E-state index in [0.29, 0.717) is 22.4 Å². The fraction of sp³-hybridized carbons (Fsp3) is 0.143. The fourth-order valence-corrected chi connectivity index (χ4v) is 2.46. The standard InChI is InChI=1S/C14H10Br2F2O/c1-8-4-11(17)12(18)6-14(8)19-13-3-2-10(16)5-9(13)7-15/h2-6H,7H2,1H3. The maximum atomic E-state index is 13.2. The van der Waals surface area contributed by atoms with Crippen LogP contribution in [0.1, 0.15) is 11.1 Å². The first-order valence-electron chi connectivity index (χ1n) is 5.49. The Morgan fingerprint density at radius 3 is 2.42 bits per heavy atom.